The minimum atomic E-state index is -0.323. The SMILES string of the molecule is Cc1cc(/C=C2\SC(=Nc3ccc(F)cc3)NC2=O)c(C)n1-c1cccnc1. The van der Waals surface area contributed by atoms with E-state index in [1.54, 1.807) is 24.5 Å². The van der Waals surface area contributed by atoms with E-state index in [2.05, 4.69) is 19.9 Å². The first-order valence-electron chi connectivity index (χ1n) is 8.66. The molecule has 2 aromatic heterocycles. The van der Waals surface area contributed by atoms with E-state index < -0.39 is 0 Å². The second kappa shape index (κ2) is 7.44. The van der Waals surface area contributed by atoms with Crippen molar-refractivity contribution in [2.45, 2.75) is 13.8 Å². The van der Waals surface area contributed by atoms with Gasteiger partial charge in [-0.1, -0.05) is 0 Å². The van der Waals surface area contributed by atoms with Crippen LogP contribution in [0.5, 0.6) is 0 Å². The van der Waals surface area contributed by atoms with Gasteiger partial charge >= 0.3 is 0 Å². The summed E-state index contributed by atoms with van der Waals surface area (Å²) in [6.45, 7) is 4.03. The van der Waals surface area contributed by atoms with Crippen LogP contribution in [0.2, 0.25) is 0 Å². The van der Waals surface area contributed by atoms with E-state index in [1.165, 1.54) is 23.9 Å². The molecule has 3 aromatic rings. The summed E-state index contributed by atoms with van der Waals surface area (Å²) < 4.78 is 15.1. The highest BCUT2D eigenvalue weighted by atomic mass is 32.2. The number of hydrogen-bond donors (Lipinski definition) is 1. The van der Waals surface area contributed by atoms with Crippen molar-refractivity contribution >= 4 is 34.6 Å². The summed E-state index contributed by atoms with van der Waals surface area (Å²) in [5, 5.41) is 3.23. The van der Waals surface area contributed by atoms with Crippen LogP contribution in [0.1, 0.15) is 17.0 Å². The number of nitrogens with zero attached hydrogens (tertiary/aromatic N) is 3. The van der Waals surface area contributed by atoms with Gasteiger partial charge in [0.25, 0.3) is 5.91 Å². The van der Waals surface area contributed by atoms with Gasteiger partial charge in [0.15, 0.2) is 5.17 Å². The predicted molar refractivity (Wildman–Crippen MR) is 110 cm³/mol. The fourth-order valence-electron chi connectivity index (χ4n) is 3.07. The van der Waals surface area contributed by atoms with Crippen LogP contribution in [0, 0.1) is 19.7 Å². The zero-order valence-corrected chi connectivity index (χ0v) is 16.1. The molecule has 1 fully saturated rings. The van der Waals surface area contributed by atoms with Crippen LogP contribution < -0.4 is 5.32 Å². The number of rotatable bonds is 3. The molecule has 28 heavy (non-hydrogen) atoms. The largest absolute Gasteiger partial charge is 0.316 e. The summed E-state index contributed by atoms with van der Waals surface area (Å²) in [6, 6.07) is 11.7. The zero-order valence-electron chi connectivity index (χ0n) is 15.3. The smallest absolute Gasteiger partial charge is 0.264 e. The number of nitrogens with one attached hydrogen (secondary N) is 1. The fraction of sp³-hybridized carbons (Fsp3) is 0.0952. The molecule has 1 N–H and O–H groups in total. The van der Waals surface area contributed by atoms with E-state index in [4.69, 9.17) is 0 Å². The number of aryl methyl sites for hydroxylation is 1. The average Bonchev–Trinajstić information content (AvgIpc) is 3.16. The number of hydrogen-bond acceptors (Lipinski definition) is 4. The van der Waals surface area contributed by atoms with Crippen molar-refractivity contribution in [2.75, 3.05) is 0 Å². The van der Waals surface area contributed by atoms with E-state index in [0.717, 1.165) is 22.6 Å². The predicted octanol–water partition coefficient (Wildman–Crippen LogP) is 4.52. The minimum Gasteiger partial charge on any atom is -0.316 e. The fourth-order valence-corrected chi connectivity index (χ4v) is 3.90. The Morgan fingerprint density at radius 2 is 2.00 bits per heavy atom. The van der Waals surface area contributed by atoms with Gasteiger partial charge in [-0.25, -0.2) is 9.38 Å². The van der Waals surface area contributed by atoms with Gasteiger partial charge < -0.3 is 9.88 Å². The number of amides is 1. The third kappa shape index (κ3) is 3.61. The molecule has 1 aliphatic rings. The molecule has 0 spiro atoms. The van der Waals surface area contributed by atoms with Crippen molar-refractivity contribution in [1.29, 1.82) is 0 Å². The lowest BCUT2D eigenvalue weighted by Crippen LogP contribution is -2.19. The maximum absolute atomic E-state index is 13.0. The maximum atomic E-state index is 13.0. The quantitative estimate of drug-likeness (QED) is 0.667. The molecule has 3 heterocycles. The van der Waals surface area contributed by atoms with Gasteiger partial charge in [0.1, 0.15) is 5.82 Å². The van der Waals surface area contributed by atoms with Crippen molar-refractivity contribution in [3.05, 3.63) is 82.5 Å². The summed E-state index contributed by atoms with van der Waals surface area (Å²) >= 11 is 1.27. The Hall–Kier alpha value is -3.19. The van der Waals surface area contributed by atoms with Crippen LogP contribution in [-0.2, 0) is 4.79 Å². The maximum Gasteiger partial charge on any atom is 0.264 e. The summed E-state index contributed by atoms with van der Waals surface area (Å²) in [5.41, 5.74) is 4.60. The average molecular weight is 392 g/mol. The lowest BCUT2D eigenvalue weighted by atomic mass is 10.2. The lowest BCUT2D eigenvalue weighted by Gasteiger charge is -2.08. The molecule has 1 aliphatic heterocycles. The number of aromatic nitrogens is 2. The molecular weight excluding hydrogens is 375 g/mol. The van der Waals surface area contributed by atoms with E-state index in [0.29, 0.717) is 15.8 Å². The molecule has 0 aliphatic carbocycles. The number of amidine groups is 1. The highest BCUT2D eigenvalue weighted by Crippen LogP contribution is 2.30. The molecule has 7 heteroatoms. The molecule has 1 aromatic carbocycles. The first-order valence-corrected chi connectivity index (χ1v) is 9.47. The van der Waals surface area contributed by atoms with Crippen molar-refractivity contribution in [2.24, 2.45) is 4.99 Å². The van der Waals surface area contributed by atoms with Crippen LogP contribution in [0.25, 0.3) is 11.8 Å². The molecule has 4 rings (SSSR count). The first kappa shape index (κ1) is 18.2. The second-order valence-electron chi connectivity index (χ2n) is 6.33. The Balaban J connectivity index is 1.63. The van der Waals surface area contributed by atoms with Crippen LogP contribution in [0.15, 0.2) is 64.8 Å². The van der Waals surface area contributed by atoms with Crippen LogP contribution >= 0.6 is 11.8 Å². The van der Waals surface area contributed by atoms with Crippen molar-refractivity contribution in [3.63, 3.8) is 0 Å². The number of benzene rings is 1. The molecule has 1 amide bonds. The number of thioether (sulfide) groups is 1. The molecule has 0 saturated carbocycles. The molecule has 0 bridgehead atoms. The van der Waals surface area contributed by atoms with Crippen LogP contribution in [0.4, 0.5) is 10.1 Å². The molecular formula is C21H17FN4OS. The Morgan fingerprint density at radius 1 is 1.21 bits per heavy atom. The third-order valence-corrected chi connectivity index (χ3v) is 5.28. The number of carbonyl (C=O) groups is 1. The summed E-state index contributed by atoms with van der Waals surface area (Å²) in [4.78, 5) is 21.5. The minimum absolute atomic E-state index is 0.197. The van der Waals surface area contributed by atoms with Crippen molar-refractivity contribution < 1.29 is 9.18 Å². The topological polar surface area (TPSA) is 59.3 Å². The van der Waals surface area contributed by atoms with Gasteiger partial charge in [0.05, 0.1) is 22.5 Å². The van der Waals surface area contributed by atoms with E-state index >= 15 is 0 Å². The standard InChI is InChI=1S/C21H17FN4OS/c1-13-10-15(14(2)26(13)18-4-3-9-23-12-18)11-19-20(27)25-21(28-19)24-17-7-5-16(22)6-8-17/h3-12H,1-2H3,(H,24,25,27)/b19-11-. The lowest BCUT2D eigenvalue weighted by molar-refractivity contribution is -0.115. The zero-order chi connectivity index (χ0) is 19.7. The molecule has 0 unspecified atom stereocenters. The Kier molecular flexibility index (Phi) is 4.83. The highest BCUT2D eigenvalue weighted by molar-refractivity contribution is 8.18. The number of carbonyl (C=O) groups excluding carboxylic acids is 1. The number of aliphatic imine (C=N–C) groups is 1. The van der Waals surface area contributed by atoms with Crippen molar-refractivity contribution in [3.8, 4) is 5.69 Å². The highest BCUT2D eigenvalue weighted by Gasteiger charge is 2.24. The second-order valence-corrected chi connectivity index (χ2v) is 7.36. The van der Waals surface area contributed by atoms with Crippen molar-refractivity contribution in [1.82, 2.24) is 14.9 Å². The van der Waals surface area contributed by atoms with E-state index in [9.17, 15) is 9.18 Å². The number of pyridine rings is 1. The molecule has 0 atom stereocenters. The first-order chi connectivity index (χ1) is 13.5. The summed E-state index contributed by atoms with van der Waals surface area (Å²) in [6.07, 6.45) is 5.41. The van der Waals surface area contributed by atoms with Gasteiger partial charge in [0.2, 0.25) is 0 Å². The van der Waals surface area contributed by atoms with Crippen LogP contribution in [-0.4, -0.2) is 20.6 Å². The summed E-state index contributed by atoms with van der Waals surface area (Å²) in [7, 11) is 0. The Bertz CT molecular complexity index is 1100. The third-order valence-electron chi connectivity index (χ3n) is 4.37. The van der Waals surface area contributed by atoms with Crippen LogP contribution in [0.3, 0.4) is 0 Å². The normalized spacial score (nSPS) is 16.8. The Morgan fingerprint density at radius 3 is 2.71 bits per heavy atom. The molecule has 0 radical (unpaired) electrons. The molecule has 140 valence electrons. The monoisotopic (exact) mass is 392 g/mol. The summed E-state index contributed by atoms with van der Waals surface area (Å²) in [5.74, 6) is -0.520. The van der Waals surface area contributed by atoms with Gasteiger partial charge in [-0.2, -0.15) is 0 Å². The van der Waals surface area contributed by atoms with Gasteiger partial charge in [-0.3, -0.25) is 9.78 Å². The number of halogens is 1. The van der Waals surface area contributed by atoms with Gasteiger partial charge in [-0.15, -0.1) is 0 Å². The Labute approximate surface area is 166 Å². The van der Waals surface area contributed by atoms with E-state index in [1.807, 2.05) is 38.1 Å². The molecule has 1 saturated heterocycles. The van der Waals surface area contributed by atoms with Gasteiger partial charge in [0, 0.05) is 17.6 Å². The van der Waals surface area contributed by atoms with Gasteiger partial charge in [-0.05, 0) is 79.7 Å². The van der Waals surface area contributed by atoms with E-state index in [-0.39, 0.29) is 11.7 Å². The molecule has 5 nitrogen and oxygen atoms in total.